The molecule has 3 aromatic rings. The summed E-state index contributed by atoms with van der Waals surface area (Å²) in [6.07, 6.45) is 2.78. The molecule has 1 fully saturated rings. The second-order valence-corrected chi connectivity index (χ2v) is 9.40. The van der Waals surface area contributed by atoms with Crippen LogP contribution in [0.2, 0.25) is 0 Å². The summed E-state index contributed by atoms with van der Waals surface area (Å²) in [5.41, 5.74) is 1.69. The van der Waals surface area contributed by atoms with Crippen LogP contribution in [0.4, 0.5) is 5.82 Å². The Hall–Kier alpha value is -2.98. The summed E-state index contributed by atoms with van der Waals surface area (Å²) in [5.74, 6) is -0.838. The number of aromatic nitrogens is 2. The van der Waals surface area contributed by atoms with E-state index in [1.807, 2.05) is 13.0 Å². The van der Waals surface area contributed by atoms with Crippen molar-refractivity contribution in [2.75, 3.05) is 18.4 Å². The lowest BCUT2D eigenvalue weighted by Gasteiger charge is -2.31. The Labute approximate surface area is 173 Å². The summed E-state index contributed by atoms with van der Waals surface area (Å²) in [4.78, 5) is 28.5. The van der Waals surface area contributed by atoms with Crippen molar-refractivity contribution in [3.05, 3.63) is 52.6 Å². The fourth-order valence-electron chi connectivity index (χ4n) is 3.63. The van der Waals surface area contributed by atoms with Gasteiger partial charge in [-0.1, -0.05) is 0 Å². The first-order valence-corrected chi connectivity index (χ1v) is 11.0. The highest BCUT2D eigenvalue weighted by molar-refractivity contribution is 7.89. The smallest absolute Gasteiger partial charge is 0.408 e. The Morgan fingerprint density at radius 2 is 2.07 bits per heavy atom. The monoisotopic (exact) mass is 430 g/mol. The van der Waals surface area contributed by atoms with E-state index in [0.29, 0.717) is 30.7 Å². The molecular weight excluding hydrogens is 408 g/mol. The number of sulfonamides is 1. The Bertz CT molecular complexity index is 1280. The van der Waals surface area contributed by atoms with Gasteiger partial charge in [0, 0.05) is 32.4 Å². The van der Waals surface area contributed by atoms with Crippen LogP contribution >= 0.6 is 0 Å². The predicted octanol–water partition coefficient (Wildman–Crippen LogP) is 1.87. The van der Waals surface area contributed by atoms with Crippen LogP contribution in [0.15, 0.2) is 50.6 Å². The second-order valence-electron chi connectivity index (χ2n) is 7.47. The first kappa shape index (κ1) is 20.3. The van der Waals surface area contributed by atoms with Gasteiger partial charge in [0.1, 0.15) is 5.82 Å². The van der Waals surface area contributed by atoms with Gasteiger partial charge in [-0.3, -0.25) is 9.36 Å². The van der Waals surface area contributed by atoms with Crippen LogP contribution in [0.1, 0.15) is 18.4 Å². The Morgan fingerprint density at radius 3 is 2.83 bits per heavy atom. The van der Waals surface area contributed by atoms with Gasteiger partial charge in [-0.2, -0.15) is 4.31 Å². The SMILES string of the molecule is Cc1ccnc(NC(=O)[C@H]2CCCN(S(=O)(=O)c3ccc4c(c3)oc(=O)n4C)C2)c1. The van der Waals surface area contributed by atoms with Crippen LogP contribution in [0.25, 0.3) is 11.1 Å². The van der Waals surface area contributed by atoms with Crippen molar-refractivity contribution in [1.29, 1.82) is 0 Å². The summed E-state index contributed by atoms with van der Waals surface area (Å²) in [5, 5.41) is 2.77. The number of amides is 1. The third kappa shape index (κ3) is 3.75. The number of rotatable bonds is 4. The summed E-state index contributed by atoms with van der Waals surface area (Å²) in [6.45, 7) is 2.31. The molecular formula is C20H22N4O5S. The summed E-state index contributed by atoms with van der Waals surface area (Å²) >= 11 is 0. The number of fused-ring (bicyclic) bond motifs is 1. The molecule has 0 unspecified atom stereocenters. The molecule has 1 atom stereocenters. The summed E-state index contributed by atoms with van der Waals surface area (Å²) in [7, 11) is -2.28. The van der Waals surface area contributed by atoms with E-state index < -0.39 is 21.7 Å². The van der Waals surface area contributed by atoms with E-state index in [0.717, 1.165) is 5.56 Å². The van der Waals surface area contributed by atoms with E-state index in [2.05, 4.69) is 10.3 Å². The highest BCUT2D eigenvalue weighted by Crippen LogP contribution is 2.26. The first-order chi connectivity index (χ1) is 14.3. The van der Waals surface area contributed by atoms with Gasteiger partial charge in [-0.25, -0.2) is 18.2 Å². The molecule has 0 bridgehead atoms. The van der Waals surface area contributed by atoms with Crippen LogP contribution < -0.4 is 11.1 Å². The zero-order valence-corrected chi connectivity index (χ0v) is 17.5. The van der Waals surface area contributed by atoms with E-state index in [1.165, 1.54) is 21.0 Å². The number of nitrogens with zero attached hydrogens (tertiary/aromatic N) is 3. The second kappa shape index (κ2) is 7.69. The molecule has 3 heterocycles. The molecule has 9 nitrogen and oxygen atoms in total. The Kier molecular flexibility index (Phi) is 5.20. The van der Waals surface area contributed by atoms with E-state index in [1.54, 1.807) is 25.4 Å². The number of pyridine rings is 1. The lowest BCUT2D eigenvalue weighted by molar-refractivity contribution is -0.120. The van der Waals surface area contributed by atoms with Crippen molar-refractivity contribution in [3.63, 3.8) is 0 Å². The highest BCUT2D eigenvalue weighted by atomic mass is 32.2. The molecule has 2 aromatic heterocycles. The van der Waals surface area contributed by atoms with Gasteiger partial charge in [-0.05, 0) is 49.6 Å². The van der Waals surface area contributed by atoms with Gasteiger partial charge in [0.05, 0.1) is 16.3 Å². The first-order valence-electron chi connectivity index (χ1n) is 9.59. The van der Waals surface area contributed by atoms with Gasteiger partial charge >= 0.3 is 5.76 Å². The number of carbonyl (C=O) groups is 1. The minimum Gasteiger partial charge on any atom is -0.408 e. The minimum absolute atomic E-state index is 0.0331. The van der Waals surface area contributed by atoms with E-state index >= 15 is 0 Å². The van der Waals surface area contributed by atoms with Gasteiger partial charge in [0.25, 0.3) is 0 Å². The van der Waals surface area contributed by atoms with Gasteiger partial charge in [0.2, 0.25) is 15.9 Å². The zero-order valence-electron chi connectivity index (χ0n) is 16.7. The molecule has 0 radical (unpaired) electrons. The number of aryl methyl sites for hydroxylation is 2. The molecule has 10 heteroatoms. The van der Waals surface area contributed by atoms with Crippen molar-refractivity contribution in [1.82, 2.24) is 13.9 Å². The molecule has 1 saturated heterocycles. The largest absolute Gasteiger partial charge is 0.419 e. The van der Waals surface area contributed by atoms with Crippen molar-refractivity contribution < 1.29 is 17.6 Å². The number of anilines is 1. The normalized spacial score (nSPS) is 17.9. The molecule has 0 spiro atoms. The molecule has 4 rings (SSSR count). The van der Waals surface area contributed by atoms with Gasteiger partial charge in [-0.15, -0.1) is 0 Å². The lowest BCUT2D eigenvalue weighted by atomic mass is 9.99. The van der Waals surface area contributed by atoms with Crippen molar-refractivity contribution in [3.8, 4) is 0 Å². The fraction of sp³-hybridized carbons (Fsp3) is 0.350. The van der Waals surface area contributed by atoms with E-state index in [9.17, 15) is 18.0 Å². The van der Waals surface area contributed by atoms with Crippen molar-refractivity contribution in [2.45, 2.75) is 24.7 Å². The van der Waals surface area contributed by atoms with Crippen LogP contribution in [-0.2, 0) is 21.9 Å². The van der Waals surface area contributed by atoms with Crippen LogP contribution in [-0.4, -0.2) is 41.3 Å². The number of oxazole rings is 1. The summed E-state index contributed by atoms with van der Waals surface area (Å²) in [6, 6.07) is 7.94. The Balaban J connectivity index is 1.54. The van der Waals surface area contributed by atoms with Crippen LogP contribution in [0.3, 0.4) is 0 Å². The van der Waals surface area contributed by atoms with Crippen molar-refractivity contribution in [2.24, 2.45) is 13.0 Å². The topological polar surface area (TPSA) is 115 Å². The minimum atomic E-state index is -3.84. The number of nitrogens with one attached hydrogen (secondary N) is 1. The molecule has 30 heavy (non-hydrogen) atoms. The highest BCUT2D eigenvalue weighted by Gasteiger charge is 2.33. The van der Waals surface area contributed by atoms with E-state index in [-0.39, 0.29) is 22.9 Å². The average molecular weight is 430 g/mol. The standard InChI is InChI=1S/C20H22N4O5S/c1-13-7-8-21-18(10-13)22-19(25)14-4-3-9-24(12-14)30(27,28)15-5-6-16-17(11-15)29-20(26)23(16)2/h5-8,10-11,14H,3-4,9,12H2,1-2H3,(H,21,22,25)/t14-/m0/s1. The van der Waals surface area contributed by atoms with E-state index in [4.69, 9.17) is 4.42 Å². The van der Waals surface area contributed by atoms with Crippen LogP contribution in [0, 0.1) is 12.8 Å². The molecule has 1 aliphatic heterocycles. The molecule has 1 amide bonds. The molecule has 1 aliphatic rings. The third-order valence-electron chi connectivity index (χ3n) is 5.32. The molecule has 1 N–H and O–H groups in total. The Morgan fingerprint density at radius 1 is 1.27 bits per heavy atom. The lowest BCUT2D eigenvalue weighted by Crippen LogP contribution is -2.43. The maximum absolute atomic E-state index is 13.1. The van der Waals surface area contributed by atoms with Crippen molar-refractivity contribution >= 4 is 32.8 Å². The quantitative estimate of drug-likeness (QED) is 0.676. The number of hydrogen-bond acceptors (Lipinski definition) is 6. The molecule has 158 valence electrons. The average Bonchev–Trinajstić information content (AvgIpc) is 3.01. The number of piperidine rings is 1. The molecule has 0 saturated carbocycles. The summed E-state index contributed by atoms with van der Waals surface area (Å²) < 4.78 is 34.0. The fourth-order valence-corrected chi connectivity index (χ4v) is 5.17. The number of benzene rings is 1. The van der Waals surface area contributed by atoms with Gasteiger partial charge in [0.15, 0.2) is 5.58 Å². The number of hydrogen-bond donors (Lipinski definition) is 1. The van der Waals surface area contributed by atoms with Crippen LogP contribution in [0.5, 0.6) is 0 Å². The predicted molar refractivity (Wildman–Crippen MR) is 111 cm³/mol. The maximum Gasteiger partial charge on any atom is 0.419 e. The third-order valence-corrected chi connectivity index (χ3v) is 7.18. The number of carbonyl (C=O) groups excluding carboxylic acids is 1. The maximum atomic E-state index is 13.1. The molecule has 1 aromatic carbocycles. The molecule has 0 aliphatic carbocycles. The van der Waals surface area contributed by atoms with Gasteiger partial charge < -0.3 is 9.73 Å². The zero-order chi connectivity index (χ0) is 21.5.